The number of thiazole rings is 1. The minimum atomic E-state index is -0.0449. The van der Waals surface area contributed by atoms with E-state index in [1.165, 1.54) is 11.3 Å². The van der Waals surface area contributed by atoms with Gasteiger partial charge in [-0.25, -0.2) is 4.98 Å². The summed E-state index contributed by atoms with van der Waals surface area (Å²) >= 11 is 1.35. The first-order chi connectivity index (χ1) is 8.15. The van der Waals surface area contributed by atoms with E-state index < -0.39 is 0 Å². The predicted octanol–water partition coefficient (Wildman–Crippen LogP) is 0.923. The van der Waals surface area contributed by atoms with Crippen LogP contribution in [0.3, 0.4) is 0 Å². The molecule has 0 saturated carbocycles. The van der Waals surface area contributed by atoms with Crippen molar-refractivity contribution in [3.8, 4) is 0 Å². The van der Waals surface area contributed by atoms with Crippen LogP contribution in [0.4, 0.5) is 5.13 Å². The number of nitrogens with one attached hydrogen (secondary N) is 1. The molecule has 17 heavy (non-hydrogen) atoms. The molecule has 90 valence electrons. The van der Waals surface area contributed by atoms with E-state index in [0.29, 0.717) is 11.7 Å². The lowest BCUT2D eigenvalue weighted by atomic mass is 10.3. The molecule has 0 fully saturated rings. The Balaban J connectivity index is 1.84. The first kappa shape index (κ1) is 11.7. The molecule has 0 aliphatic heterocycles. The minimum Gasteiger partial charge on any atom is -0.375 e. The number of anilines is 1. The predicted molar refractivity (Wildman–Crippen MR) is 67.5 cm³/mol. The molecule has 3 N–H and O–H groups in total. The summed E-state index contributed by atoms with van der Waals surface area (Å²) in [6, 6.07) is 3.92. The van der Waals surface area contributed by atoms with Gasteiger partial charge < -0.3 is 15.6 Å². The number of hydrogen-bond acceptors (Lipinski definition) is 4. The molecule has 0 unspecified atom stereocenters. The fraction of sp³-hybridized carbons (Fsp3) is 0.273. The summed E-state index contributed by atoms with van der Waals surface area (Å²) in [4.78, 5) is 15.7. The van der Waals surface area contributed by atoms with Gasteiger partial charge in [-0.2, -0.15) is 0 Å². The van der Waals surface area contributed by atoms with Gasteiger partial charge in [-0.05, 0) is 12.1 Å². The number of carbonyl (C=O) groups excluding carboxylic acids is 1. The largest absolute Gasteiger partial charge is 0.375 e. The zero-order chi connectivity index (χ0) is 12.3. The van der Waals surface area contributed by atoms with Gasteiger partial charge in [0.15, 0.2) is 5.13 Å². The Morgan fingerprint density at radius 2 is 2.47 bits per heavy atom. The Morgan fingerprint density at radius 1 is 1.65 bits per heavy atom. The first-order valence-corrected chi connectivity index (χ1v) is 6.10. The smallest absolute Gasteiger partial charge is 0.226 e. The summed E-state index contributed by atoms with van der Waals surface area (Å²) < 4.78 is 1.97. The molecule has 0 radical (unpaired) electrons. The third-order valence-corrected chi connectivity index (χ3v) is 3.15. The van der Waals surface area contributed by atoms with Gasteiger partial charge in [0.05, 0.1) is 18.7 Å². The molecule has 0 aromatic carbocycles. The molecule has 2 heterocycles. The zero-order valence-electron chi connectivity index (χ0n) is 9.51. The summed E-state index contributed by atoms with van der Waals surface area (Å²) in [5, 5.41) is 5.15. The summed E-state index contributed by atoms with van der Waals surface area (Å²) in [5.41, 5.74) is 7.28. The molecule has 0 spiro atoms. The Kier molecular flexibility index (Phi) is 3.43. The molecule has 6 heteroatoms. The van der Waals surface area contributed by atoms with Crippen molar-refractivity contribution in [3.63, 3.8) is 0 Å². The number of aryl methyl sites for hydroxylation is 1. The molecule has 0 bridgehead atoms. The van der Waals surface area contributed by atoms with Gasteiger partial charge in [0, 0.05) is 24.3 Å². The van der Waals surface area contributed by atoms with Gasteiger partial charge in [0.25, 0.3) is 0 Å². The van der Waals surface area contributed by atoms with Crippen LogP contribution >= 0.6 is 11.3 Å². The molecule has 2 rings (SSSR count). The molecular formula is C11H14N4OS. The number of carbonyl (C=O) groups is 1. The van der Waals surface area contributed by atoms with Crippen LogP contribution in [0.2, 0.25) is 0 Å². The second-order valence-electron chi connectivity index (χ2n) is 3.74. The summed E-state index contributed by atoms with van der Waals surface area (Å²) in [6.07, 6.45) is 2.22. The van der Waals surface area contributed by atoms with E-state index in [0.717, 1.165) is 11.4 Å². The molecule has 0 aliphatic carbocycles. The van der Waals surface area contributed by atoms with Crippen LogP contribution in [0.1, 0.15) is 11.4 Å². The van der Waals surface area contributed by atoms with Crippen LogP contribution < -0.4 is 11.1 Å². The number of nitrogens with two attached hydrogens (primary N) is 1. The van der Waals surface area contributed by atoms with Crippen LogP contribution in [0.15, 0.2) is 23.7 Å². The Morgan fingerprint density at radius 3 is 3.06 bits per heavy atom. The van der Waals surface area contributed by atoms with E-state index in [1.807, 2.05) is 29.9 Å². The minimum absolute atomic E-state index is 0.0449. The van der Waals surface area contributed by atoms with Crippen molar-refractivity contribution in [1.29, 1.82) is 0 Å². The first-order valence-electron chi connectivity index (χ1n) is 5.22. The van der Waals surface area contributed by atoms with Crippen LogP contribution in [0, 0.1) is 0 Å². The monoisotopic (exact) mass is 250 g/mol. The van der Waals surface area contributed by atoms with Crippen LogP contribution in [-0.2, 0) is 24.8 Å². The summed E-state index contributed by atoms with van der Waals surface area (Å²) in [5.74, 6) is -0.0449. The van der Waals surface area contributed by atoms with E-state index in [1.54, 1.807) is 5.38 Å². The van der Waals surface area contributed by atoms with Crippen molar-refractivity contribution >= 4 is 22.4 Å². The fourth-order valence-corrected chi connectivity index (χ4v) is 2.06. The van der Waals surface area contributed by atoms with Crippen molar-refractivity contribution in [2.45, 2.75) is 13.0 Å². The second kappa shape index (κ2) is 5.01. The van der Waals surface area contributed by atoms with Gasteiger partial charge in [-0.15, -0.1) is 11.3 Å². The molecule has 0 atom stereocenters. The lowest BCUT2D eigenvalue weighted by Gasteiger charge is -2.05. The topological polar surface area (TPSA) is 72.9 Å². The Hall–Kier alpha value is -1.82. The number of nitrogen functional groups attached to an aromatic ring is 1. The maximum Gasteiger partial charge on any atom is 0.226 e. The standard InChI is InChI=1S/C11H14N4OS/c1-15-4-2-3-9(15)6-13-10(16)5-8-7-17-11(12)14-8/h2-4,7H,5-6H2,1H3,(H2,12,14)(H,13,16). The van der Waals surface area contributed by atoms with Crippen molar-refractivity contribution in [3.05, 3.63) is 35.1 Å². The third kappa shape index (κ3) is 3.07. The average Bonchev–Trinajstić information content (AvgIpc) is 2.85. The maximum atomic E-state index is 11.6. The number of aromatic nitrogens is 2. The number of nitrogens with zero attached hydrogens (tertiary/aromatic N) is 2. The van der Waals surface area contributed by atoms with Gasteiger partial charge in [0.2, 0.25) is 5.91 Å². The molecular weight excluding hydrogens is 236 g/mol. The van der Waals surface area contributed by atoms with E-state index in [-0.39, 0.29) is 12.3 Å². The van der Waals surface area contributed by atoms with E-state index in [4.69, 9.17) is 5.73 Å². The third-order valence-electron chi connectivity index (χ3n) is 2.43. The van der Waals surface area contributed by atoms with E-state index >= 15 is 0 Å². The molecule has 1 amide bonds. The fourth-order valence-electron chi connectivity index (χ4n) is 1.50. The Labute approximate surface area is 103 Å². The van der Waals surface area contributed by atoms with Gasteiger partial charge in [-0.3, -0.25) is 4.79 Å². The maximum absolute atomic E-state index is 11.6. The highest BCUT2D eigenvalue weighted by Crippen LogP contribution is 2.11. The molecule has 2 aromatic rings. The summed E-state index contributed by atoms with van der Waals surface area (Å²) in [6.45, 7) is 0.530. The lowest BCUT2D eigenvalue weighted by Crippen LogP contribution is -2.25. The van der Waals surface area contributed by atoms with Crippen molar-refractivity contribution in [2.75, 3.05) is 5.73 Å². The van der Waals surface area contributed by atoms with E-state index in [9.17, 15) is 4.79 Å². The summed E-state index contributed by atoms with van der Waals surface area (Å²) in [7, 11) is 1.95. The zero-order valence-corrected chi connectivity index (χ0v) is 10.3. The van der Waals surface area contributed by atoms with Crippen molar-refractivity contribution in [1.82, 2.24) is 14.9 Å². The molecule has 5 nitrogen and oxygen atoms in total. The Bertz CT molecular complexity index is 517. The second-order valence-corrected chi connectivity index (χ2v) is 4.63. The van der Waals surface area contributed by atoms with Crippen LogP contribution in [-0.4, -0.2) is 15.5 Å². The molecule has 0 aliphatic rings. The van der Waals surface area contributed by atoms with Gasteiger partial charge >= 0.3 is 0 Å². The lowest BCUT2D eigenvalue weighted by molar-refractivity contribution is -0.120. The van der Waals surface area contributed by atoms with Crippen LogP contribution in [0.5, 0.6) is 0 Å². The number of hydrogen-bond donors (Lipinski definition) is 2. The molecule has 2 aromatic heterocycles. The molecule has 0 saturated heterocycles. The highest BCUT2D eigenvalue weighted by Gasteiger charge is 2.07. The number of amides is 1. The SMILES string of the molecule is Cn1cccc1CNC(=O)Cc1csc(N)n1. The van der Waals surface area contributed by atoms with Crippen molar-refractivity contribution < 1.29 is 4.79 Å². The van der Waals surface area contributed by atoms with Gasteiger partial charge in [-0.1, -0.05) is 0 Å². The quantitative estimate of drug-likeness (QED) is 0.847. The number of rotatable bonds is 4. The highest BCUT2D eigenvalue weighted by molar-refractivity contribution is 7.13. The van der Waals surface area contributed by atoms with Crippen molar-refractivity contribution in [2.24, 2.45) is 7.05 Å². The normalized spacial score (nSPS) is 10.4. The average molecular weight is 250 g/mol. The van der Waals surface area contributed by atoms with Crippen LogP contribution in [0.25, 0.3) is 0 Å². The van der Waals surface area contributed by atoms with E-state index in [2.05, 4.69) is 10.3 Å². The van der Waals surface area contributed by atoms with Gasteiger partial charge in [0.1, 0.15) is 0 Å². The highest BCUT2D eigenvalue weighted by atomic mass is 32.1.